The van der Waals surface area contributed by atoms with E-state index < -0.39 is 23.7 Å². The maximum atomic E-state index is 13.6. The molecule has 2 amide bonds. The average Bonchev–Trinajstić information content (AvgIpc) is 3.40. The molecular formula is C30H25F3N8O3. The molecule has 0 fully saturated rings. The van der Waals surface area contributed by atoms with Gasteiger partial charge in [-0.1, -0.05) is 36.4 Å². The van der Waals surface area contributed by atoms with Crippen LogP contribution in [0.25, 0.3) is 11.1 Å². The van der Waals surface area contributed by atoms with Gasteiger partial charge in [0.25, 0.3) is 6.20 Å². The predicted molar refractivity (Wildman–Crippen MR) is 152 cm³/mol. The van der Waals surface area contributed by atoms with Crippen LogP contribution in [0.1, 0.15) is 28.2 Å². The first-order valence-corrected chi connectivity index (χ1v) is 13.2. The summed E-state index contributed by atoms with van der Waals surface area (Å²) in [7, 11) is 0. The number of urea groups is 1. The number of carbonyl (C=O) groups excluding carboxylic acids is 1. The van der Waals surface area contributed by atoms with Gasteiger partial charge < -0.3 is 10.4 Å². The lowest BCUT2D eigenvalue weighted by atomic mass is 10.0. The van der Waals surface area contributed by atoms with Crippen LogP contribution < -0.4 is 20.4 Å². The summed E-state index contributed by atoms with van der Waals surface area (Å²) in [5.74, 6) is -0.706. The Hall–Kier alpha value is -5.66. The first-order chi connectivity index (χ1) is 21.0. The number of aryl methyl sites for hydroxylation is 2. The molecule has 0 aliphatic heterocycles. The molecule has 0 saturated carbocycles. The number of anilines is 2. The van der Waals surface area contributed by atoms with Gasteiger partial charge in [0.2, 0.25) is 11.8 Å². The van der Waals surface area contributed by atoms with E-state index in [1.54, 1.807) is 36.5 Å². The van der Waals surface area contributed by atoms with E-state index in [0.717, 1.165) is 40.7 Å². The minimum absolute atomic E-state index is 0.0678. The molecule has 2 aromatic carbocycles. The van der Waals surface area contributed by atoms with Gasteiger partial charge in [-0.05, 0) is 54.3 Å². The van der Waals surface area contributed by atoms with Crippen LogP contribution in [0.15, 0.2) is 88.9 Å². The summed E-state index contributed by atoms with van der Waals surface area (Å²) in [5, 5.41) is 20.9. The van der Waals surface area contributed by atoms with Crippen molar-refractivity contribution in [1.82, 2.24) is 20.2 Å². The highest BCUT2D eigenvalue weighted by atomic mass is 19.4. The number of nitrogens with zero attached hydrogens (tertiary/aromatic N) is 6. The Morgan fingerprint density at radius 2 is 1.75 bits per heavy atom. The second-order valence-electron chi connectivity index (χ2n) is 9.73. The minimum atomic E-state index is -4.74. The van der Waals surface area contributed by atoms with Crippen molar-refractivity contribution in [2.45, 2.75) is 33.0 Å². The third-order valence-corrected chi connectivity index (χ3v) is 6.37. The maximum absolute atomic E-state index is 13.6. The number of alkyl halides is 3. The van der Waals surface area contributed by atoms with E-state index >= 15 is 0 Å². The molecule has 0 aliphatic carbocycles. The monoisotopic (exact) mass is 602 g/mol. The van der Waals surface area contributed by atoms with E-state index in [-0.39, 0.29) is 30.2 Å². The van der Waals surface area contributed by atoms with Gasteiger partial charge in [-0.25, -0.2) is 14.8 Å². The molecule has 3 heterocycles. The van der Waals surface area contributed by atoms with Crippen LogP contribution in [0.5, 0.6) is 0 Å². The quantitative estimate of drug-likeness (QED) is 0.148. The Kier molecular flexibility index (Phi) is 8.60. The highest BCUT2D eigenvalue weighted by Gasteiger charge is 2.31. The molecule has 0 bridgehead atoms. The Bertz CT molecular complexity index is 1790. The van der Waals surface area contributed by atoms with Crippen molar-refractivity contribution in [3.05, 3.63) is 108 Å². The van der Waals surface area contributed by atoms with E-state index in [1.807, 2.05) is 26.0 Å². The third kappa shape index (κ3) is 7.59. The second kappa shape index (κ2) is 12.7. The van der Waals surface area contributed by atoms with Gasteiger partial charge in [0.05, 0.1) is 11.3 Å². The molecule has 0 saturated heterocycles. The van der Waals surface area contributed by atoms with Crippen LogP contribution in [0, 0.1) is 13.8 Å². The standard InChI is InChI=1S/C30H25F3N8O3/c1-18-28(19(2)36-17-35-18)21-8-9-23(34-14-21)15-41-16-27(44-40-41)39-29(43)38-25-12-22(30(31,32)33)11-24(13-25)37-26(42)10-20-6-4-3-5-7-20/h3-9,11-14,16-17H,10,15H2,1-2H3,(H2-,37,38,39,40,42,43). The summed E-state index contributed by atoms with van der Waals surface area (Å²) in [6.45, 7) is 4.00. The Morgan fingerprint density at radius 3 is 2.43 bits per heavy atom. The Balaban J connectivity index is 1.24. The molecule has 224 valence electrons. The lowest BCUT2D eigenvalue weighted by molar-refractivity contribution is -0.755. The lowest BCUT2D eigenvalue weighted by Gasteiger charge is -2.14. The number of benzene rings is 2. The number of nitrogens with one attached hydrogen (secondary N) is 2. The highest BCUT2D eigenvalue weighted by molar-refractivity contribution is 5.99. The van der Waals surface area contributed by atoms with E-state index in [1.165, 1.54) is 17.2 Å². The molecule has 3 aromatic heterocycles. The fraction of sp³-hybridized carbons (Fsp3) is 0.167. The van der Waals surface area contributed by atoms with Crippen LogP contribution in [-0.4, -0.2) is 32.2 Å². The normalized spacial score (nSPS) is 11.8. The number of hydrogen-bond acceptors (Lipinski definition) is 8. The van der Waals surface area contributed by atoms with Gasteiger partial charge in [-0.3, -0.25) is 19.8 Å². The van der Waals surface area contributed by atoms with Crippen LogP contribution >= 0.6 is 0 Å². The largest absolute Gasteiger partial charge is 0.861 e. The van der Waals surface area contributed by atoms with Gasteiger partial charge in [0, 0.05) is 40.8 Å². The van der Waals surface area contributed by atoms with Gasteiger partial charge in [0.15, 0.2) is 0 Å². The van der Waals surface area contributed by atoms with E-state index in [0.29, 0.717) is 11.3 Å². The van der Waals surface area contributed by atoms with E-state index in [4.69, 9.17) is 4.52 Å². The number of pyridine rings is 1. The number of aromatic nitrogens is 5. The van der Waals surface area contributed by atoms with Crippen molar-refractivity contribution in [2.75, 3.05) is 10.6 Å². The molecule has 0 unspecified atom stereocenters. The van der Waals surface area contributed by atoms with Crippen molar-refractivity contribution < 1.29 is 32.3 Å². The molecule has 0 radical (unpaired) electrons. The van der Waals surface area contributed by atoms with Gasteiger partial charge in [0.1, 0.15) is 12.0 Å². The molecular weight excluding hydrogens is 577 g/mol. The van der Waals surface area contributed by atoms with Gasteiger partial charge >= 0.3 is 18.1 Å². The SMILES string of the molecule is Cc1ncnc(C)c1-c1ccc(C[n+]2cc(NC(=O)Nc3cc(N=C([O-])Cc4ccccc4)cc(C(F)(F)F)c3)on2)nc1. The smallest absolute Gasteiger partial charge is 0.416 e. The number of hydrogen-bond donors (Lipinski definition) is 2. The van der Waals surface area contributed by atoms with E-state index in [9.17, 15) is 23.1 Å². The molecule has 5 aromatic rings. The number of carbonyl (C=O) groups is 1. The van der Waals surface area contributed by atoms with E-state index in [2.05, 4.69) is 35.8 Å². The summed E-state index contributed by atoms with van der Waals surface area (Å²) in [6.07, 6.45) is -0.231. The molecule has 0 atom stereocenters. The number of rotatable bonds is 8. The van der Waals surface area contributed by atoms with Crippen LogP contribution in [0.2, 0.25) is 0 Å². The molecule has 14 heteroatoms. The molecule has 0 aliphatic rings. The fourth-order valence-corrected chi connectivity index (χ4v) is 4.39. The topological polar surface area (TPSA) is 145 Å². The minimum Gasteiger partial charge on any atom is -0.861 e. The number of halogens is 3. The zero-order chi connectivity index (χ0) is 31.3. The summed E-state index contributed by atoms with van der Waals surface area (Å²) in [4.78, 5) is 29.3. The van der Waals surface area contributed by atoms with Gasteiger partial charge in [-0.15, -0.1) is 0 Å². The molecule has 2 N–H and O–H groups in total. The zero-order valence-electron chi connectivity index (χ0n) is 23.5. The molecule has 0 spiro atoms. The summed E-state index contributed by atoms with van der Waals surface area (Å²) in [6, 6.07) is 14.1. The molecule has 11 nitrogen and oxygen atoms in total. The van der Waals surface area contributed by atoms with Crippen molar-refractivity contribution in [3.8, 4) is 11.1 Å². The predicted octanol–water partition coefficient (Wildman–Crippen LogP) is 4.78. The van der Waals surface area contributed by atoms with Crippen molar-refractivity contribution in [3.63, 3.8) is 0 Å². The van der Waals surface area contributed by atoms with Crippen LogP contribution in [0.4, 0.5) is 35.2 Å². The number of amides is 2. The van der Waals surface area contributed by atoms with Crippen LogP contribution in [0.3, 0.4) is 0 Å². The number of aliphatic imine (C=N–C) groups is 1. The fourth-order valence-electron chi connectivity index (χ4n) is 4.39. The van der Waals surface area contributed by atoms with Crippen molar-refractivity contribution in [2.24, 2.45) is 4.99 Å². The summed E-state index contributed by atoms with van der Waals surface area (Å²) >= 11 is 0. The average molecular weight is 603 g/mol. The third-order valence-electron chi connectivity index (χ3n) is 6.37. The van der Waals surface area contributed by atoms with Crippen molar-refractivity contribution in [1.29, 1.82) is 0 Å². The maximum Gasteiger partial charge on any atom is 0.416 e. The first-order valence-electron chi connectivity index (χ1n) is 13.2. The highest BCUT2D eigenvalue weighted by Crippen LogP contribution is 2.34. The van der Waals surface area contributed by atoms with Crippen LogP contribution in [-0.2, 0) is 19.1 Å². The first kappa shape index (κ1) is 29.8. The zero-order valence-corrected chi connectivity index (χ0v) is 23.5. The summed E-state index contributed by atoms with van der Waals surface area (Å²) in [5.41, 5.74) is 3.18. The Labute approximate surface area is 249 Å². The Morgan fingerprint density at radius 1 is 1.00 bits per heavy atom. The van der Waals surface area contributed by atoms with Gasteiger partial charge in [-0.2, -0.15) is 13.2 Å². The molecule has 5 rings (SSSR count). The second-order valence-corrected chi connectivity index (χ2v) is 9.73. The van der Waals surface area contributed by atoms with Crippen molar-refractivity contribution >= 4 is 29.2 Å². The summed E-state index contributed by atoms with van der Waals surface area (Å²) < 4.78 is 47.2. The lowest BCUT2D eigenvalue weighted by Crippen LogP contribution is -2.35. The molecule has 44 heavy (non-hydrogen) atoms.